The van der Waals surface area contributed by atoms with Crippen molar-refractivity contribution in [3.63, 3.8) is 0 Å². The van der Waals surface area contributed by atoms with Gasteiger partial charge in [-0.1, -0.05) is 27.7 Å². The summed E-state index contributed by atoms with van der Waals surface area (Å²) in [6, 6.07) is 0. The molecule has 4 unspecified atom stereocenters. The maximum Gasteiger partial charge on any atom is 0.316 e. The molecule has 0 N–H and O–H groups in total. The molecule has 110 valence electrons. The van der Waals surface area contributed by atoms with Crippen molar-refractivity contribution >= 4 is 23.9 Å². The third-order valence-corrected chi connectivity index (χ3v) is 4.64. The van der Waals surface area contributed by atoms with Gasteiger partial charge in [-0.2, -0.15) is 0 Å². The van der Waals surface area contributed by atoms with Gasteiger partial charge in [0.2, 0.25) is 0 Å². The van der Waals surface area contributed by atoms with Crippen LogP contribution in [0.15, 0.2) is 0 Å². The topological polar surface area (TPSA) is 86.7 Å². The smallest absolute Gasteiger partial charge is 0.316 e. The van der Waals surface area contributed by atoms with Crippen molar-refractivity contribution in [2.75, 3.05) is 0 Å². The van der Waals surface area contributed by atoms with Gasteiger partial charge >= 0.3 is 23.9 Å². The van der Waals surface area contributed by atoms with Crippen LogP contribution in [0.2, 0.25) is 0 Å². The van der Waals surface area contributed by atoms with Crippen LogP contribution in [0.25, 0.3) is 0 Å². The van der Waals surface area contributed by atoms with Crippen LogP contribution in [0.3, 0.4) is 0 Å². The van der Waals surface area contributed by atoms with E-state index in [2.05, 4.69) is 9.47 Å². The molecule has 0 saturated carbocycles. The van der Waals surface area contributed by atoms with Gasteiger partial charge in [0.15, 0.2) is 0 Å². The van der Waals surface area contributed by atoms with Crippen molar-refractivity contribution < 1.29 is 28.7 Å². The second kappa shape index (κ2) is 5.00. The van der Waals surface area contributed by atoms with E-state index in [4.69, 9.17) is 0 Å². The Morgan fingerprint density at radius 2 is 0.750 bits per heavy atom. The van der Waals surface area contributed by atoms with Crippen LogP contribution >= 0.6 is 0 Å². The Hall–Kier alpha value is -1.72. The lowest BCUT2D eigenvalue weighted by atomic mass is 9.64. The van der Waals surface area contributed by atoms with Crippen LogP contribution in [0, 0.1) is 35.5 Å². The number of ether oxygens (including phenoxy) is 2. The largest absolute Gasteiger partial charge is 0.393 e. The van der Waals surface area contributed by atoms with Gasteiger partial charge in [-0.05, 0) is 11.8 Å². The Bertz CT molecular complexity index is 398. The Balaban J connectivity index is 2.39. The maximum absolute atomic E-state index is 11.7. The molecule has 0 amide bonds. The van der Waals surface area contributed by atoms with E-state index in [0.717, 1.165) is 0 Å². The van der Waals surface area contributed by atoms with Crippen molar-refractivity contribution in [2.24, 2.45) is 35.5 Å². The van der Waals surface area contributed by atoms with Gasteiger partial charge in [0.1, 0.15) is 0 Å². The summed E-state index contributed by atoms with van der Waals surface area (Å²) in [5, 5.41) is 0. The van der Waals surface area contributed by atoms with E-state index in [9.17, 15) is 19.2 Å². The normalized spacial score (nSPS) is 42.2. The molecule has 0 radical (unpaired) electrons. The fraction of sp³-hybridized carbons (Fsp3) is 0.714. The fourth-order valence-corrected chi connectivity index (χ4v) is 3.40. The standard InChI is InChI=1S/C14H18O6/c1-5-9(6(2)12(16)19-11(5)15)10-7(3)13(17)20-14(18)8(10)4/h5-10H,1-4H3. The van der Waals surface area contributed by atoms with E-state index in [1.807, 2.05) is 0 Å². The monoisotopic (exact) mass is 282 g/mol. The molecule has 0 aromatic heterocycles. The lowest BCUT2D eigenvalue weighted by Crippen LogP contribution is -2.52. The average molecular weight is 282 g/mol. The highest BCUT2D eigenvalue weighted by atomic mass is 16.6. The van der Waals surface area contributed by atoms with Crippen molar-refractivity contribution in [3.05, 3.63) is 0 Å². The molecule has 2 heterocycles. The summed E-state index contributed by atoms with van der Waals surface area (Å²) in [5.74, 6) is -5.29. The molecular formula is C14H18O6. The number of rotatable bonds is 1. The number of esters is 4. The highest BCUT2D eigenvalue weighted by Gasteiger charge is 2.53. The Morgan fingerprint density at radius 1 is 0.550 bits per heavy atom. The van der Waals surface area contributed by atoms with E-state index in [1.54, 1.807) is 27.7 Å². The van der Waals surface area contributed by atoms with Crippen LogP contribution < -0.4 is 0 Å². The maximum atomic E-state index is 11.7. The Kier molecular flexibility index (Phi) is 3.67. The number of carbonyl (C=O) groups excluding carboxylic acids is 4. The summed E-state index contributed by atoms with van der Waals surface area (Å²) in [6.45, 7) is 6.67. The molecule has 6 nitrogen and oxygen atoms in total. The van der Waals surface area contributed by atoms with Crippen LogP contribution in [0.4, 0.5) is 0 Å². The minimum atomic E-state index is -0.594. The van der Waals surface area contributed by atoms with Crippen LogP contribution in [-0.4, -0.2) is 23.9 Å². The summed E-state index contributed by atoms with van der Waals surface area (Å²) in [6.07, 6.45) is 0. The van der Waals surface area contributed by atoms with Crippen LogP contribution in [0.1, 0.15) is 27.7 Å². The third kappa shape index (κ3) is 2.13. The lowest BCUT2D eigenvalue weighted by Gasteiger charge is -2.43. The van der Waals surface area contributed by atoms with Crippen LogP contribution in [-0.2, 0) is 28.7 Å². The first-order valence-corrected chi connectivity index (χ1v) is 6.76. The molecule has 6 heteroatoms. The second-order valence-electron chi connectivity index (χ2n) is 5.79. The van der Waals surface area contributed by atoms with Gasteiger partial charge in [-0.15, -0.1) is 0 Å². The fourth-order valence-electron chi connectivity index (χ4n) is 3.40. The van der Waals surface area contributed by atoms with E-state index < -0.39 is 59.4 Å². The van der Waals surface area contributed by atoms with Gasteiger partial charge in [0, 0.05) is 0 Å². The summed E-state index contributed by atoms with van der Waals surface area (Å²) < 4.78 is 9.35. The molecule has 2 fully saturated rings. The molecule has 0 aromatic rings. The summed E-state index contributed by atoms with van der Waals surface area (Å²) in [7, 11) is 0. The zero-order valence-corrected chi connectivity index (χ0v) is 11.9. The molecule has 20 heavy (non-hydrogen) atoms. The summed E-state index contributed by atoms with van der Waals surface area (Å²) in [4.78, 5) is 46.9. The molecule has 0 bridgehead atoms. The number of hydrogen-bond donors (Lipinski definition) is 0. The highest BCUT2D eigenvalue weighted by Crippen LogP contribution is 2.44. The number of hydrogen-bond acceptors (Lipinski definition) is 6. The molecule has 2 aliphatic rings. The van der Waals surface area contributed by atoms with E-state index >= 15 is 0 Å². The van der Waals surface area contributed by atoms with Crippen molar-refractivity contribution in [2.45, 2.75) is 27.7 Å². The molecule has 0 aliphatic carbocycles. The number of carbonyl (C=O) groups is 4. The second-order valence-corrected chi connectivity index (χ2v) is 5.79. The first kappa shape index (κ1) is 14.7. The molecule has 2 saturated heterocycles. The summed E-state index contributed by atoms with van der Waals surface area (Å²) in [5.41, 5.74) is 0. The van der Waals surface area contributed by atoms with Gasteiger partial charge in [-0.25, -0.2) is 0 Å². The molecule has 0 spiro atoms. The van der Waals surface area contributed by atoms with E-state index in [0.29, 0.717) is 0 Å². The third-order valence-electron chi connectivity index (χ3n) is 4.64. The van der Waals surface area contributed by atoms with Gasteiger partial charge in [0.05, 0.1) is 23.7 Å². The zero-order chi connectivity index (χ0) is 15.2. The van der Waals surface area contributed by atoms with E-state index in [1.165, 1.54) is 0 Å². The molecular weight excluding hydrogens is 264 g/mol. The lowest BCUT2D eigenvalue weighted by molar-refractivity contribution is -0.189. The molecule has 2 aliphatic heterocycles. The Labute approximate surface area is 116 Å². The average Bonchev–Trinajstić information content (AvgIpc) is 2.38. The molecule has 4 atom stereocenters. The van der Waals surface area contributed by atoms with E-state index in [-0.39, 0.29) is 0 Å². The molecule has 2 rings (SSSR count). The first-order chi connectivity index (χ1) is 9.25. The molecule has 0 aromatic carbocycles. The predicted octanol–water partition coefficient (Wildman–Crippen LogP) is 0.930. The van der Waals surface area contributed by atoms with Crippen LogP contribution in [0.5, 0.6) is 0 Å². The predicted molar refractivity (Wildman–Crippen MR) is 65.8 cm³/mol. The quantitative estimate of drug-likeness (QED) is 0.525. The van der Waals surface area contributed by atoms with Crippen molar-refractivity contribution in [1.82, 2.24) is 0 Å². The highest BCUT2D eigenvalue weighted by molar-refractivity contribution is 5.93. The SMILES string of the molecule is CC1C(=O)OC(=O)C(C)C1C1C(C)C(=O)OC(=O)C1C. The number of cyclic esters (lactones) is 4. The minimum Gasteiger partial charge on any atom is -0.393 e. The van der Waals surface area contributed by atoms with Gasteiger partial charge < -0.3 is 9.47 Å². The summed E-state index contributed by atoms with van der Waals surface area (Å²) >= 11 is 0. The van der Waals surface area contributed by atoms with Gasteiger partial charge in [0.25, 0.3) is 0 Å². The minimum absolute atomic E-state index is 0.398. The van der Waals surface area contributed by atoms with Crippen molar-refractivity contribution in [3.8, 4) is 0 Å². The van der Waals surface area contributed by atoms with Crippen molar-refractivity contribution in [1.29, 1.82) is 0 Å². The zero-order valence-electron chi connectivity index (χ0n) is 11.9. The Morgan fingerprint density at radius 3 is 0.950 bits per heavy atom. The van der Waals surface area contributed by atoms with Gasteiger partial charge in [-0.3, -0.25) is 19.2 Å². The first-order valence-electron chi connectivity index (χ1n) is 6.76.